The number of rotatable bonds is 3. The maximum absolute atomic E-state index is 3.49. The fourth-order valence-electron chi connectivity index (χ4n) is 0.954. The van der Waals surface area contributed by atoms with Crippen LogP contribution in [-0.4, -0.2) is 10.7 Å². The van der Waals surface area contributed by atoms with E-state index in [1.807, 2.05) is 0 Å². The van der Waals surface area contributed by atoms with Crippen molar-refractivity contribution < 1.29 is 0 Å². The maximum atomic E-state index is 3.49. The summed E-state index contributed by atoms with van der Waals surface area (Å²) in [7, 11) is 0. The SMILES string of the molecule is BrCC(CBr)c1ccc(Br)cc1. The Kier molecular flexibility index (Phi) is 4.84. The molecular weight excluding hydrogens is 348 g/mol. The molecule has 0 saturated heterocycles. The third-order valence-electron chi connectivity index (χ3n) is 1.71. The molecule has 1 rings (SSSR count). The Morgan fingerprint density at radius 1 is 1.00 bits per heavy atom. The molecule has 0 nitrogen and oxygen atoms in total. The van der Waals surface area contributed by atoms with E-state index in [0.29, 0.717) is 5.92 Å². The van der Waals surface area contributed by atoms with E-state index in [1.54, 1.807) is 0 Å². The molecule has 0 fully saturated rings. The van der Waals surface area contributed by atoms with Crippen LogP contribution in [0.4, 0.5) is 0 Å². The Labute approximate surface area is 98.1 Å². The summed E-state index contributed by atoms with van der Waals surface area (Å²) in [4.78, 5) is 0. The Morgan fingerprint density at radius 3 is 1.92 bits per heavy atom. The monoisotopic (exact) mass is 354 g/mol. The number of hydrogen-bond acceptors (Lipinski definition) is 0. The first-order valence-corrected chi connectivity index (χ1v) is 6.69. The second-order valence-electron chi connectivity index (χ2n) is 2.56. The van der Waals surface area contributed by atoms with Gasteiger partial charge in [-0.1, -0.05) is 59.9 Å². The van der Waals surface area contributed by atoms with Crippen LogP contribution in [0.2, 0.25) is 0 Å². The smallest absolute Gasteiger partial charge is 0.0175 e. The molecule has 0 radical (unpaired) electrons. The minimum absolute atomic E-state index is 0.568. The minimum Gasteiger partial charge on any atom is -0.0921 e. The molecule has 0 unspecified atom stereocenters. The predicted octanol–water partition coefficient (Wildman–Crippen LogP) is 4.32. The van der Waals surface area contributed by atoms with Gasteiger partial charge in [0.25, 0.3) is 0 Å². The zero-order valence-electron chi connectivity index (χ0n) is 6.43. The van der Waals surface area contributed by atoms with Gasteiger partial charge in [-0.05, 0) is 17.7 Å². The third kappa shape index (κ3) is 2.86. The van der Waals surface area contributed by atoms with Crippen LogP contribution in [0.15, 0.2) is 28.7 Å². The molecular formula is C9H9Br3. The van der Waals surface area contributed by atoms with E-state index < -0.39 is 0 Å². The first-order chi connectivity index (χ1) is 5.77. The van der Waals surface area contributed by atoms with Gasteiger partial charge in [0, 0.05) is 21.1 Å². The van der Waals surface area contributed by atoms with Gasteiger partial charge in [0.15, 0.2) is 0 Å². The van der Waals surface area contributed by atoms with E-state index in [9.17, 15) is 0 Å². The van der Waals surface area contributed by atoms with Gasteiger partial charge in [-0.25, -0.2) is 0 Å². The van der Waals surface area contributed by atoms with E-state index in [1.165, 1.54) is 5.56 Å². The molecule has 0 aromatic heterocycles. The fourth-order valence-corrected chi connectivity index (χ4v) is 3.04. The Bertz CT molecular complexity index is 226. The zero-order valence-corrected chi connectivity index (χ0v) is 11.2. The number of benzene rings is 1. The summed E-state index contributed by atoms with van der Waals surface area (Å²) in [5.41, 5.74) is 1.37. The first-order valence-electron chi connectivity index (χ1n) is 3.65. The molecule has 1 aromatic carbocycles. The summed E-state index contributed by atoms with van der Waals surface area (Å²) in [5, 5.41) is 2.00. The molecule has 1 aromatic rings. The van der Waals surface area contributed by atoms with Crippen molar-refractivity contribution in [2.45, 2.75) is 5.92 Å². The average Bonchev–Trinajstić information content (AvgIpc) is 2.10. The number of alkyl halides is 2. The van der Waals surface area contributed by atoms with Crippen LogP contribution in [0.3, 0.4) is 0 Å². The summed E-state index contributed by atoms with van der Waals surface area (Å²) in [6.07, 6.45) is 0. The van der Waals surface area contributed by atoms with Crippen LogP contribution < -0.4 is 0 Å². The molecule has 0 bridgehead atoms. The Hall–Kier alpha value is 0.660. The molecule has 0 N–H and O–H groups in total. The largest absolute Gasteiger partial charge is 0.0921 e. The lowest BCUT2D eigenvalue weighted by Gasteiger charge is -2.10. The standard InChI is InChI=1S/C9H9Br3/c10-5-8(6-11)7-1-3-9(12)4-2-7/h1-4,8H,5-6H2. The summed E-state index contributed by atoms with van der Waals surface area (Å²) in [6.45, 7) is 0. The van der Waals surface area contributed by atoms with Crippen molar-refractivity contribution in [1.82, 2.24) is 0 Å². The number of halogens is 3. The van der Waals surface area contributed by atoms with Gasteiger partial charge < -0.3 is 0 Å². The molecule has 0 spiro atoms. The van der Waals surface area contributed by atoms with Crippen LogP contribution in [0.5, 0.6) is 0 Å². The lowest BCUT2D eigenvalue weighted by molar-refractivity contribution is 0.909. The lowest BCUT2D eigenvalue weighted by atomic mass is 10.0. The minimum atomic E-state index is 0.568. The second kappa shape index (κ2) is 5.40. The first kappa shape index (κ1) is 10.7. The van der Waals surface area contributed by atoms with Crippen molar-refractivity contribution in [2.24, 2.45) is 0 Å². The molecule has 0 aliphatic rings. The van der Waals surface area contributed by atoms with Gasteiger partial charge in [0.1, 0.15) is 0 Å². The highest BCUT2D eigenvalue weighted by Gasteiger charge is 2.07. The molecule has 0 aliphatic heterocycles. The molecule has 66 valence electrons. The van der Waals surface area contributed by atoms with E-state index in [4.69, 9.17) is 0 Å². The average molecular weight is 357 g/mol. The van der Waals surface area contributed by atoms with Crippen LogP contribution in [0, 0.1) is 0 Å². The molecule has 3 heteroatoms. The van der Waals surface area contributed by atoms with Gasteiger partial charge in [-0.3, -0.25) is 0 Å². The molecule has 0 amide bonds. The van der Waals surface area contributed by atoms with Crippen molar-refractivity contribution in [3.8, 4) is 0 Å². The maximum Gasteiger partial charge on any atom is 0.0175 e. The van der Waals surface area contributed by atoms with Gasteiger partial charge in [-0.2, -0.15) is 0 Å². The molecule has 0 atom stereocenters. The fraction of sp³-hybridized carbons (Fsp3) is 0.333. The second-order valence-corrected chi connectivity index (χ2v) is 4.77. The normalized spacial score (nSPS) is 10.7. The molecule has 0 saturated carbocycles. The highest BCUT2D eigenvalue weighted by molar-refractivity contribution is 9.10. The highest BCUT2D eigenvalue weighted by Crippen LogP contribution is 2.22. The van der Waals surface area contributed by atoms with Crippen LogP contribution >= 0.6 is 47.8 Å². The van der Waals surface area contributed by atoms with Crippen molar-refractivity contribution in [1.29, 1.82) is 0 Å². The van der Waals surface area contributed by atoms with Crippen LogP contribution in [0.25, 0.3) is 0 Å². The van der Waals surface area contributed by atoms with Gasteiger partial charge in [-0.15, -0.1) is 0 Å². The van der Waals surface area contributed by atoms with Crippen LogP contribution in [-0.2, 0) is 0 Å². The number of hydrogen-bond donors (Lipinski definition) is 0. The van der Waals surface area contributed by atoms with Gasteiger partial charge in [0.05, 0.1) is 0 Å². The third-order valence-corrected chi connectivity index (χ3v) is 3.81. The van der Waals surface area contributed by atoms with Crippen molar-refractivity contribution in [2.75, 3.05) is 10.7 Å². The van der Waals surface area contributed by atoms with Crippen LogP contribution in [0.1, 0.15) is 11.5 Å². The zero-order chi connectivity index (χ0) is 8.97. The van der Waals surface area contributed by atoms with Crippen molar-refractivity contribution in [3.63, 3.8) is 0 Å². The summed E-state index contributed by atoms with van der Waals surface area (Å²) < 4.78 is 1.13. The lowest BCUT2D eigenvalue weighted by Crippen LogP contribution is -2.00. The topological polar surface area (TPSA) is 0 Å². The molecule has 12 heavy (non-hydrogen) atoms. The van der Waals surface area contributed by atoms with Gasteiger partial charge in [0.2, 0.25) is 0 Å². The predicted molar refractivity (Wildman–Crippen MR) is 64.5 cm³/mol. The highest BCUT2D eigenvalue weighted by atomic mass is 79.9. The summed E-state index contributed by atoms with van der Waals surface area (Å²) >= 11 is 10.4. The Morgan fingerprint density at radius 2 is 1.50 bits per heavy atom. The van der Waals surface area contributed by atoms with E-state index in [-0.39, 0.29) is 0 Å². The quantitative estimate of drug-likeness (QED) is 0.707. The van der Waals surface area contributed by atoms with E-state index in [2.05, 4.69) is 72.1 Å². The Balaban J connectivity index is 2.80. The summed E-state index contributed by atoms with van der Waals surface area (Å²) in [6, 6.07) is 8.45. The van der Waals surface area contributed by atoms with Gasteiger partial charge >= 0.3 is 0 Å². The summed E-state index contributed by atoms with van der Waals surface area (Å²) in [5.74, 6) is 0.568. The van der Waals surface area contributed by atoms with Crippen molar-refractivity contribution in [3.05, 3.63) is 34.3 Å². The van der Waals surface area contributed by atoms with E-state index >= 15 is 0 Å². The molecule has 0 heterocycles. The van der Waals surface area contributed by atoms with E-state index in [0.717, 1.165) is 15.1 Å². The van der Waals surface area contributed by atoms with Crippen molar-refractivity contribution >= 4 is 47.8 Å². The molecule has 0 aliphatic carbocycles.